The zero-order valence-corrected chi connectivity index (χ0v) is 9.31. The first-order chi connectivity index (χ1) is 7.26. The molecule has 0 saturated carbocycles. The molecular formula is C10H20N2O3. The fraction of sp³-hybridized carbons (Fsp3) is 0.900. The van der Waals surface area contributed by atoms with Gasteiger partial charge in [-0.2, -0.15) is 0 Å². The van der Waals surface area contributed by atoms with Crippen LogP contribution in [-0.2, 0) is 9.53 Å². The van der Waals surface area contributed by atoms with E-state index in [1.807, 2.05) is 0 Å². The predicted molar refractivity (Wildman–Crippen MR) is 56.6 cm³/mol. The van der Waals surface area contributed by atoms with Gasteiger partial charge in [0.15, 0.2) is 0 Å². The Labute approximate surface area is 90.6 Å². The van der Waals surface area contributed by atoms with Crippen LogP contribution in [0.3, 0.4) is 0 Å². The topological polar surface area (TPSA) is 53.0 Å². The fourth-order valence-corrected chi connectivity index (χ4v) is 1.79. The number of esters is 1. The highest BCUT2D eigenvalue weighted by molar-refractivity contribution is 5.71. The second kappa shape index (κ2) is 6.76. The number of nitrogens with zero attached hydrogens (tertiary/aromatic N) is 2. The zero-order valence-electron chi connectivity index (χ0n) is 9.31. The molecule has 5 nitrogen and oxygen atoms in total. The highest BCUT2D eigenvalue weighted by Gasteiger charge is 2.16. The Morgan fingerprint density at radius 2 is 1.93 bits per heavy atom. The lowest BCUT2D eigenvalue weighted by Gasteiger charge is -2.19. The number of hydrogen-bond donors (Lipinski definition) is 1. The van der Waals surface area contributed by atoms with E-state index in [1.165, 1.54) is 7.11 Å². The summed E-state index contributed by atoms with van der Waals surface area (Å²) in [4.78, 5) is 15.4. The Kier molecular flexibility index (Phi) is 5.60. The number of carbonyl (C=O) groups is 1. The van der Waals surface area contributed by atoms with E-state index in [2.05, 4.69) is 14.5 Å². The summed E-state index contributed by atoms with van der Waals surface area (Å²) in [6, 6.07) is 0. The minimum atomic E-state index is -0.175. The maximum absolute atomic E-state index is 11.1. The van der Waals surface area contributed by atoms with Crippen LogP contribution in [0.15, 0.2) is 0 Å². The van der Waals surface area contributed by atoms with Gasteiger partial charge in [0.25, 0.3) is 0 Å². The first-order valence-electron chi connectivity index (χ1n) is 5.38. The summed E-state index contributed by atoms with van der Waals surface area (Å²) in [5, 5.41) is 8.83. The fourth-order valence-electron chi connectivity index (χ4n) is 1.79. The average molecular weight is 216 g/mol. The van der Waals surface area contributed by atoms with Crippen LogP contribution >= 0.6 is 0 Å². The van der Waals surface area contributed by atoms with Gasteiger partial charge in [-0.25, -0.2) is 0 Å². The van der Waals surface area contributed by atoms with E-state index in [-0.39, 0.29) is 12.6 Å². The molecule has 1 saturated heterocycles. The van der Waals surface area contributed by atoms with Crippen LogP contribution in [0.5, 0.6) is 0 Å². The van der Waals surface area contributed by atoms with Crippen LogP contribution in [0, 0.1) is 0 Å². The SMILES string of the molecule is COC(=O)CN1CCCN(CCO)CC1. The highest BCUT2D eigenvalue weighted by Crippen LogP contribution is 2.02. The second-order valence-electron chi connectivity index (χ2n) is 3.77. The van der Waals surface area contributed by atoms with Crippen LogP contribution in [0.1, 0.15) is 6.42 Å². The van der Waals surface area contributed by atoms with Gasteiger partial charge in [0.1, 0.15) is 0 Å². The number of aliphatic hydroxyl groups excluding tert-OH is 1. The summed E-state index contributed by atoms with van der Waals surface area (Å²) in [5.74, 6) is -0.175. The Hall–Kier alpha value is -0.650. The normalized spacial score (nSPS) is 19.9. The molecular weight excluding hydrogens is 196 g/mol. The molecule has 1 fully saturated rings. The van der Waals surface area contributed by atoms with Crippen LogP contribution in [-0.4, -0.2) is 73.9 Å². The van der Waals surface area contributed by atoms with E-state index < -0.39 is 0 Å². The molecule has 1 N–H and O–H groups in total. The molecule has 0 radical (unpaired) electrons. The number of methoxy groups -OCH3 is 1. The maximum atomic E-state index is 11.1. The van der Waals surface area contributed by atoms with Gasteiger partial charge in [0.2, 0.25) is 0 Å². The Morgan fingerprint density at radius 1 is 1.27 bits per heavy atom. The molecule has 1 aliphatic heterocycles. The molecule has 0 aliphatic carbocycles. The van der Waals surface area contributed by atoms with Crippen molar-refractivity contribution in [3.63, 3.8) is 0 Å². The number of aliphatic hydroxyl groups is 1. The second-order valence-corrected chi connectivity index (χ2v) is 3.77. The third-order valence-corrected chi connectivity index (χ3v) is 2.68. The number of ether oxygens (including phenoxy) is 1. The molecule has 1 rings (SSSR count). The van der Waals surface area contributed by atoms with Crippen LogP contribution in [0.25, 0.3) is 0 Å². The number of hydrogen-bond acceptors (Lipinski definition) is 5. The third kappa shape index (κ3) is 4.59. The van der Waals surface area contributed by atoms with Crippen LogP contribution < -0.4 is 0 Å². The monoisotopic (exact) mass is 216 g/mol. The maximum Gasteiger partial charge on any atom is 0.319 e. The lowest BCUT2D eigenvalue weighted by Crippen LogP contribution is -2.35. The lowest BCUT2D eigenvalue weighted by molar-refractivity contribution is -0.141. The zero-order chi connectivity index (χ0) is 11.1. The van der Waals surface area contributed by atoms with Gasteiger partial charge in [0, 0.05) is 26.2 Å². The number of β-amino-alcohol motifs (C(OH)–C–C–N with tert-alkyl or cyclic N) is 1. The van der Waals surface area contributed by atoms with Crippen molar-refractivity contribution in [3.05, 3.63) is 0 Å². The molecule has 0 amide bonds. The molecule has 0 bridgehead atoms. The van der Waals surface area contributed by atoms with E-state index in [9.17, 15) is 4.79 Å². The molecule has 0 spiro atoms. The summed E-state index contributed by atoms with van der Waals surface area (Å²) in [6.07, 6.45) is 1.04. The van der Waals surface area contributed by atoms with Crippen LogP contribution in [0.4, 0.5) is 0 Å². The number of carbonyl (C=O) groups excluding carboxylic acids is 1. The van der Waals surface area contributed by atoms with Crippen LogP contribution in [0.2, 0.25) is 0 Å². The van der Waals surface area contributed by atoms with E-state index in [4.69, 9.17) is 5.11 Å². The van der Waals surface area contributed by atoms with Gasteiger partial charge in [-0.05, 0) is 13.0 Å². The smallest absolute Gasteiger partial charge is 0.319 e. The van der Waals surface area contributed by atoms with Gasteiger partial charge in [-0.15, -0.1) is 0 Å². The first-order valence-corrected chi connectivity index (χ1v) is 5.38. The van der Waals surface area contributed by atoms with E-state index >= 15 is 0 Å². The van der Waals surface area contributed by atoms with Gasteiger partial charge >= 0.3 is 5.97 Å². The van der Waals surface area contributed by atoms with Gasteiger partial charge in [-0.3, -0.25) is 14.6 Å². The third-order valence-electron chi connectivity index (χ3n) is 2.68. The lowest BCUT2D eigenvalue weighted by atomic mass is 10.4. The number of rotatable bonds is 4. The van der Waals surface area contributed by atoms with Crippen molar-refractivity contribution in [1.82, 2.24) is 9.80 Å². The predicted octanol–water partition coefficient (Wildman–Crippen LogP) is -0.841. The summed E-state index contributed by atoms with van der Waals surface area (Å²) >= 11 is 0. The van der Waals surface area contributed by atoms with Gasteiger partial charge < -0.3 is 9.84 Å². The van der Waals surface area contributed by atoms with Crippen molar-refractivity contribution in [2.75, 3.05) is 53.0 Å². The van der Waals surface area contributed by atoms with Gasteiger partial charge in [0.05, 0.1) is 20.3 Å². The Morgan fingerprint density at radius 3 is 2.60 bits per heavy atom. The minimum Gasteiger partial charge on any atom is -0.468 e. The molecule has 0 aromatic carbocycles. The van der Waals surface area contributed by atoms with E-state index in [0.717, 1.165) is 39.1 Å². The Bertz CT molecular complexity index is 199. The summed E-state index contributed by atoms with van der Waals surface area (Å²) < 4.78 is 4.63. The molecule has 15 heavy (non-hydrogen) atoms. The summed E-state index contributed by atoms with van der Waals surface area (Å²) in [7, 11) is 1.41. The van der Waals surface area contributed by atoms with Crippen molar-refractivity contribution in [2.45, 2.75) is 6.42 Å². The Balaban J connectivity index is 2.29. The standard InChI is InChI=1S/C10H20N2O3/c1-15-10(14)9-12-4-2-3-11(5-6-12)7-8-13/h13H,2-9H2,1H3. The highest BCUT2D eigenvalue weighted by atomic mass is 16.5. The largest absolute Gasteiger partial charge is 0.468 e. The summed E-state index contributed by atoms with van der Waals surface area (Å²) in [5.41, 5.74) is 0. The molecule has 5 heteroatoms. The van der Waals surface area contributed by atoms with Crippen molar-refractivity contribution in [2.24, 2.45) is 0 Å². The molecule has 0 atom stereocenters. The van der Waals surface area contributed by atoms with Crippen molar-refractivity contribution in [3.8, 4) is 0 Å². The van der Waals surface area contributed by atoms with Crippen molar-refractivity contribution in [1.29, 1.82) is 0 Å². The molecule has 1 heterocycles. The van der Waals surface area contributed by atoms with Crippen molar-refractivity contribution < 1.29 is 14.6 Å². The van der Waals surface area contributed by atoms with Gasteiger partial charge in [-0.1, -0.05) is 0 Å². The molecule has 88 valence electrons. The van der Waals surface area contributed by atoms with Crippen molar-refractivity contribution >= 4 is 5.97 Å². The first kappa shape index (κ1) is 12.4. The summed E-state index contributed by atoms with van der Waals surface area (Å²) in [6.45, 7) is 5.02. The molecule has 0 unspecified atom stereocenters. The average Bonchev–Trinajstić information content (AvgIpc) is 2.45. The quantitative estimate of drug-likeness (QED) is 0.621. The minimum absolute atomic E-state index is 0.175. The molecule has 0 aromatic heterocycles. The van der Waals surface area contributed by atoms with E-state index in [1.54, 1.807) is 0 Å². The van der Waals surface area contributed by atoms with E-state index in [0.29, 0.717) is 6.54 Å². The molecule has 1 aliphatic rings. The molecule has 0 aromatic rings.